The Morgan fingerprint density at radius 3 is 2.53 bits per heavy atom. The highest BCUT2D eigenvalue weighted by Gasteiger charge is 2.27. The van der Waals surface area contributed by atoms with Crippen molar-refractivity contribution in [2.45, 2.75) is 33.4 Å². The van der Waals surface area contributed by atoms with Gasteiger partial charge in [-0.1, -0.05) is 13.8 Å². The first-order chi connectivity index (χ1) is 15.3. The molecule has 3 aromatic heterocycles. The van der Waals surface area contributed by atoms with Gasteiger partial charge in [-0.3, -0.25) is 4.79 Å². The molecular weight excluding hydrogens is 416 g/mol. The molecule has 0 aliphatic rings. The molecule has 2 N–H and O–H groups in total. The molecule has 3 heterocycles. The minimum absolute atomic E-state index is 0.179. The molecule has 0 aliphatic heterocycles. The predicted octanol–water partition coefficient (Wildman–Crippen LogP) is 3.30. The van der Waals surface area contributed by atoms with E-state index in [1.165, 1.54) is 32.8 Å². The molecular formula is C22H26N4O6. The van der Waals surface area contributed by atoms with Gasteiger partial charge in [-0.05, 0) is 25.0 Å². The lowest BCUT2D eigenvalue weighted by molar-refractivity contribution is -0.141. The summed E-state index contributed by atoms with van der Waals surface area (Å²) in [6.45, 7) is 6.14. The summed E-state index contributed by atoms with van der Waals surface area (Å²) in [4.78, 5) is 41.8. The summed E-state index contributed by atoms with van der Waals surface area (Å²) in [7, 11) is 2.58. The average Bonchev–Trinajstić information content (AvgIpc) is 3.40. The predicted molar refractivity (Wildman–Crippen MR) is 118 cm³/mol. The smallest absolute Gasteiger partial charge is 0.356 e. The molecule has 0 radical (unpaired) electrons. The van der Waals surface area contributed by atoms with E-state index in [1.807, 2.05) is 13.8 Å². The van der Waals surface area contributed by atoms with Crippen LogP contribution >= 0.6 is 0 Å². The maximum absolute atomic E-state index is 12.8. The van der Waals surface area contributed by atoms with Crippen LogP contribution < -0.4 is 10.6 Å². The highest BCUT2D eigenvalue weighted by atomic mass is 16.5. The van der Waals surface area contributed by atoms with Crippen molar-refractivity contribution in [1.29, 1.82) is 0 Å². The van der Waals surface area contributed by atoms with Gasteiger partial charge >= 0.3 is 11.9 Å². The fourth-order valence-electron chi connectivity index (χ4n) is 3.35. The van der Waals surface area contributed by atoms with E-state index in [4.69, 9.17) is 13.9 Å². The van der Waals surface area contributed by atoms with Gasteiger partial charge in [0.2, 0.25) is 0 Å². The van der Waals surface area contributed by atoms with E-state index in [0.717, 1.165) is 0 Å². The molecule has 170 valence electrons. The Balaban J connectivity index is 2.17. The minimum atomic E-state index is -0.624. The number of furan rings is 1. The van der Waals surface area contributed by atoms with Gasteiger partial charge in [0.25, 0.3) is 5.91 Å². The highest BCUT2D eigenvalue weighted by Crippen LogP contribution is 2.33. The molecule has 10 heteroatoms. The van der Waals surface area contributed by atoms with Crippen molar-refractivity contribution in [3.63, 3.8) is 0 Å². The zero-order valence-electron chi connectivity index (χ0n) is 18.6. The minimum Gasteiger partial charge on any atom is -0.472 e. The number of carbonyl (C=O) groups excluding carboxylic acids is 3. The van der Waals surface area contributed by atoms with Crippen LogP contribution in [0, 0.1) is 5.92 Å². The van der Waals surface area contributed by atoms with Crippen LogP contribution in [0.15, 0.2) is 35.3 Å². The summed E-state index contributed by atoms with van der Waals surface area (Å²) in [6.07, 6.45) is 4.25. The number of amides is 1. The van der Waals surface area contributed by atoms with Gasteiger partial charge in [-0.2, -0.15) is 0 Å². The molecule has 3 rings (SSSR count). The monoisotopic (exact) mass is 442 g/mol. The summed E-state index contributed by atoms with van der Waals surface area (Å²) in [5, 5.41) is 6.33. The number of nitrogens with one attached hydrogen (secondary N) is 2. The summed E-state index contributed by atoms with van der Waals surface area (Å²) >= 11 is 0. The Morgan fingerprint density at radius 2 is 1.94 bits per heavy atom. The van der Waals surface area contributed by atoms with Crippen LogP contribution in [0.2, 0.25) is 0 Å². The Kier molecular flexibility index (Phi) is 6.82. The van der Waals surface area contributed by atoms with Crippen molar-refractivity contribution in [2.75, 3.05) is 24.9 Å². The van der Waals surface area contributed by atoms with E-state index < -0.39 is 23.9 Å². The van der Waals surface area contributed by atoms with Crippen LogP contribution in [0.1, 0.15) is 41.6 Å². The quantitative estimate of drug-likeness (QED) is 0.509. The Morgan fingerprint density at radius 1 is 1.19 bits per heavy atom. The third kappa shape index (κ3) is 4.58. The maximum atomic E-state index is 12.8. The molecule has 0 fully saturated rings. The number of fused-ring (bicyclic) bond motifs is 1. The zero-order valence-corrected chi connectivity index (χ0v) is 18.6. The lowest BCUT2D eigenvalue weighted by atomic mass is 10.2. The van der Waals surface area contributed by atoms with Gasteiger partial charge in [0.15, 0.2) is 5.69 Å². The fraction of sp³-hybridized carbons (Fsp3) is 0.364. The highest BCUT2D eigenvalue weighted by molar-refractivity contribution is 6.14. The van der Waals surface area contributed by atoms with Gasteiger partial charge < -0.3 is 29.1 Å². The second-order valence-electron chi connectivity index (χ2n) is 7.67. The lowest BCUT2D eigenvalue weighted by Gasteiger charge is -2.13. The zero-order chi connectivity index (χ0) is 23.4. The van der Waals surface area contributed by atoms with E-state index >= 15 is 0 Å². The van der Waals surface area contributed by atoms with E-state index in [0.29, 0.717) is 28.8 Å². The van der Waals surface area contributed by atoms with Crippen molar-refractivity contribution in [1.82, 2.24) is 9.55 Å². The van der Waals surface area contributed by atoms with Crippen LogP contribution in [-0.4, -0.2) is 47.7 Å². The van der Waals surface area contributed by atoms with Crippen LogP contribution in [0.3, 0.4) is 0 Å². The molecule has 10 nitrogen and oxygen atoms in total. The van der Waals surface area contributed by atoms with E-state index in [-0.39, 0.29) is 17.3 Å². The SMILES string of the molecule is COC(=O)c1c(NC(=O)c2ccoc2)c2cc(N[C@@H](C)C(=O)OC)cnc2n1CC(C)C. The number of esters is 2. The normalized spacial score (nSPS) is 11.9. The van der Waals surface area contributed by atoms with Gasteiger partial charge in [-0.15, -0.1) is 0 Å². The molecule has 0 saturated carbocycles. The number of nitrogens with zero attached hydrogens (tertiary/aromatic N) is 2. The summed E-state index contributed by atoms with van der Waals surface area (Å²) in [5.74, 6) is -1.31. The number of hydrogen-bond acceptors (Lipinski definition) is 8. The first kappa shape index (κ1) is 22.9. The maximum Gasteiger partial charge on any atom is 0.356 e. The van der Waals surface area contributed by atoms with Crippen LogP contribution in [-0.2, 0) is 20.8 Å². The third-order valence-electron chi connectivity index (χ3n) is 4.78. The van der Waals surface area contributed by atoms with Crippen LogP contribution in [0.4, 0.5) is 11.4 Å². The van der Waals surface area contributed by atoms with E-state index in [1.54, 1.807) is 23.8 Å². The van der Waals surface area contributed by atoms with Crippen molar-refractivity contribution >= 4 is 40.3 Å². The number of aromatic nitrogens is 2. The number of methoxy groups -OCH3 is 2. The first-order valence-electron chi connectivity index (χ1n) is 10.0. The molecule has 0 spiro atoms. The number of pyridine rings is 1. The molecule has 0 unspecified atom stereocenters. The van der Waals surface area contributed by atoms with Gasteiger partial charge in [0.05, 0.1) is 43.6 Å². The second kappa shape index (κ2) is 9.54. The molecule has 0 saturated heterocycles. The van der Waals surface area contributed by atoms with Crippen molar-refractivity contribution in [3.05, 3.63) is 42.1 Å². The molecule has 0 bridgehead atoms. The number of carbonyl (C=O) groups is 3. The molecule has 32 heavy (non-hydrogen) atoms. The number of anilines is 2. The summed E-state index contributed by atoms with van der Waals surface area (Å²) in [5.41, 5.74) is 1.76. The van der Waals surface area contributed by atoms with Crippen LogP contribution in [0.25, 0.3) is 11.0 Å². The molecule has 1 amide bonds. The Hall–Kier alpha value is -3.82. The lowest BCUT2D eigenvalue weighted by Crippen LogP contribution is -2.27. The molecule has 1 atom stereocenters. The Bertz CT molecular complexity index is 1130. The number of ether oxygens (including phenoxy) is 2. The third-order valence-corrected chi connectivity index (χ3v) is 4.78. The van der Waals surface area contributed by atoms with Gasteiger partial charge in [0.1, 0.15) is 18.0 Å². The van der Waals surface area contributed by atoms with E-state index in [9.17, 15) is 14.4 Å². The number of rotatable bonds is 8. The van der Waals surface area contributed by atoms with Crippen molar-refractivity contribution < 1.29 is 28.3 Å². The Labute approximate surface area is 184 Å². The van der Waals surface area contributed by atoms with Gasteiger partial charge in [-0.25, -0.2) is 14.6 Å². The summed E-state index contributed by atoms with van der Waals surface area (Å²) < 4.78 is 16.5. The number of hydrogen-bond donors (Lipinski definition) is 2. The van der Waals surface area contributed by atoms with Crippen molar-refractivity contribution in [3.8, 4) is 0 Å². The fourth-order valence-corrected chi connectivity index (χ4v) is 3.35. The largest absolute Gasteiger partial charge is 0.472 e. The average molecular weight is 442 g/mol. The molecule has 3 aromatic rings. The van der Waals surface area contributed by atoms with Crippen LogP contribution in [0.5, 0.6) is 0 Å². The van der Waals surface area contributed by atoms with Crippen molar-refractivity contribution in [2.24, 2.45) is 5.92 Å². The summed E-state index contributed by atoms with van der Waals surface area (Å²) in [6, 6.07) is 2.61. The molecule has 0 aromatic carbocycles. The standard InChI is InChI=1S/C22H26N4O6/c1-12(2)10-26-18(22(29)31-5)17(25-20(27)14-6-7-32-11-14)16-8-15(9-23-19(16)26)24-13(3)21(28)30-4/h6-9,11-13,24H,10H2,1-5H3,(H,25,27)/t13-/m0/s1. The topological polar surface area (TPSA) is 125 Å². The van der Waals surface area contributed by atoms with Gasteiger partial charge in [0, 0.05) is 11.9 Å². The first-order valence-corrected chi connectivity index (χ1v) is 10.0. The van der Waals surface area contributed by atoms with E-state index in [2.05, 4.69) is 15.6 Å². The second-order valence-corrected chi connectivity index (χ2v) is 7.67. The molecule has 0 aliphatic carbocycles.